The first kappa shape index (κ1) is 19.4. The molecule has 0 amide bonds. The summed E-state index contributed by atoms with van der Waals surface area (Å²) in [5, 5.41) is 9.85. The maximum Gasteiger partial charge on any atom is 0.325 e. The molecule has 0 radical (unpaired) electrons. The highest BCUT2D eigenvalue weighted by molar-refractivity contribution is 5.80. The number of nitrogens with two attached hydrogens (primary N) is 2. The zero-order valence-electron chi connectivity index (χ0n) is 14.0. The van der Waals surface area contributed by atoms with Gasteiger partial charge in [-0.3, -0.25) is 4.79 Å². The van der Waals surface area contributed by atoms with Crippen molar-refractivity contribution in [1.29, 1.82) is 0 Å². The molecule has 5 N–H and O–H groups in total. The number of carbonyl (C=O) groups excluding carboxylic acids is 1. The summed E-state index contributed by atoms with van der Waals surface area (Å²) in [6, 6.07) is 0. The minimum absolute atomic E-state index is 0.216. The Morgan fingerprint density at radius 2 is 1.45 bits per heavy atom. The average Bonchev–Trinajstić information content (AvgIpc) is 2.05. The van der Waals surface area contributed by atoms with Crippen molar-refractivity contribution < 1.29 is 14.6 Å². The molecule has 0 aliphatic carbocycles. The van der Waals surface area contributed by atoms with Gasteiger partial charge in [0.2, 0.25) is 0 Å². The number of hydrogen-bond donors (Lipinski definition) is 3. The lowest BCUT2D eigenvalue weighted by Crippen LogP contribution is -2.53. The Morgan fingerprint density at radius 1 is 1.00 bits per heavy atom. The second-order valence-corrected chi connectivity index (χ2v) is 8.31. The standard InChI is InChI=1S/C15H32N2O3/c1-12(2,8-14(5,6)19)10-20-11(18)15(7,17)9-13(3,4)16/h19H,8-10,16-17H2,1-7H3. The second-order valence-electron chi connectivity index (χ2n) is 8.31. The lowest BCUT2D eigenvalue weighted by molar-refractivity contribution is -0.154. The Balaban J connectivity index is 4.55. The van der Waals surface area contributed by atoms with Crippen molar-refractivity contribution in [2.45, 2.75) is 78.0 Å². The molecule has 20 heavy (non-hydrogen) atoms. The summed E-state index contributed by atoms with van der Waals surface area (Å²) < 4.78 is 5.33. The minimum Gasteiger partial charge on any atom is -0.464 e. The molecule has 0 saturated heterocycles. The molecule has 0 aliphatic heterocycles. The molecule has 0 aromatic rings. The predicted octanol–water partition coefficient (Wildman–Crippen LogP) is 1.56. The van der Waals surface area contributed by atoms with Crippen molar-refractivity contribution in [2.24, 2.45) is 16.9 Å². The van der Waals surface area contributed by atoms with Crippen LogP contribution in [0.5, 0.6) is 0 Å². The summed E-state index contributed by atoms with van der Waals surface area (Å²) in [5.74, 6) is -0.458. The third-order valence-electron chi connectivity index (χ3n) is 2.79. The third-order valence-corrected chi connectivity index (χ3v) is 2.79. The van der Waals surface area contributed by atoms with Crippen molar-refractivity contribution in [1.82, 2.24) is 0 Å². The summed E-state index contributed by atoms with van der Waals surface area (Å²) in [5.41, 5.74) is 9.14. The predicted molar refractivity (Wildman–Crippen MR) is 81.1 cm³/mol. The fourth-order valence-electron chi connectivity index (χ4n) is 2.67. The van der Waals surface area contributed by atoms with Crippen molar-refractivity contribution in [2.75, 3.05) is 6.61 Å². The SMILES string of the molecule is CC(C)(N)CC(C)(N)C(=O)OCC(C)(C)CC(C)(C)O. The van der Waals surface area contributed by atoms with Gasteiger partial charge in [-0.1, -0.05) is 13.8 Å². The summed E-state index contributed by atoms with van der Waals surface area (Å²) in [7, 11) is 0. The van der Waals surface area contributed by atoms with Crippen LogP contribution in [0.2, 0.25) is 0 Å². The number of aliphatic hydroxyl groups is 1. The first-order chi connectivity index (χ1) is 8.54. The molecular formula is C15H32N2O3. The Morgan fingerprint density at radius 3 is 1.80 bits per heavy atom. The van der Waals surface area contributed by atoms with Gasteiger partial charge in [-0.15, -0.1) is 0 Å². The van der Waals surface area contributed by atoms with Crippen LogP contribution < -0.4 is 11.5 Å². The fraction of sp³-hybridized carbons (Fsp3) is 0.933. The molecule has 1 unspecified atom stereocenters. The first-order valence-corrected chi connectivity index (χ1v) is 7.02. The van der Waals surface area contributed by atoms with Crippen LogP contribution in [0.25, 0.3) is 0 Å². The average molecular weight is 288 g/mol. The molecule has 120 valence electrons. The van der Waals surface area contributed by atoms with Crippen LogP contribution in [0.15, 0.2) is 0 Å². The molecule has 0 saturated carbocycles. The van der Waals surface area contributed by atoms with Gasteiger partial charge in [0, 0.05) is 11.0 Å². The van der Waals surface area contributed by atoms with Gasteiger partial charge in [0.15, 0.2) is 0 Å². The Labute approximate surface area is 123 Å². The highest BCUT2D eigenvalue weighted by Gasteiger charge is 2.36. The highest BCUT2D eigenvalue weighted by Crippen LogP contribution is 2.28. The second kappa shape index (κ2) is 6.00. The van der Waals surface area contributed by atoms with E-state index >= 15 is 0 Å². The maximum absolute atomic E-state index is 12.1. The van der Waals surface area contributed by atoms with E-state index in [1.807, 2.05) is 27.7 Å². The van der Waals surface area contributed by atoms with E-state index in [2.05, 4.69) is 0 Å². The topological polar surface area (TPSA) is 98.6 Å². The van der Waals surface area contributed by atoms with Crippen molar-refractivity contribution >= 4 is 5.97 Å². The van der Waals surface area contributed by atoms with E-state index in [1.54, 1.807) is 20.8 Å². The van der Waals surface area contributed by atoms with Crippen LogP contribution in [-0.2, 0) is 9.53 Å². The summed E-state index contributed by atoms with van der Waals surface area (Å²) in [4.78, 5) is 12.1. The molecule has 0 bridgehead atoms. The number of esters is 1. The van der Waals surface area contributed by atoms with Gasteiger partial charge in [0.25, 0.3) is 0 Å². The third kappa shape index (κ3) is 8.51. The van der Waals surface area contributed by atoms with Crippen molar-refractivity contribution in [3.05, 3.63) is 0 Å². The summed E-state index contributed by atoms with van der Waals surface area (Å²) in [6.07, 6.45) is 0.863. The number of rotatable bonds is 7. The minimum atomic E-state index is -1.11. The quantitative estimate of drug-likeness (QED) is 0.617. The van der Waals surface area contributed by atoms with Gasteiger partial charge in [-0.2, -0.15) is 0 Å². The zero-order valence-corrected chi connectivity index (χ0v) is 14.0. The van der Waals surface area contributed by atoms with Gasteiger partial charge in [0.05, 0.1) is 12.2 Å². The van der Waals surface area contributed by atoms with E-state index in [-0.39, 0.29) is 12.0 Å². The normalized spacial score (nSPS) is 16.7. The van der Waals surface area contributed by atoms with E-state index in [0.717, 1.165) is 0 Å². The van der Waals surface area contributed by atoms with E-state index in [0.29, 0.717) is 12.8 Å². The fourth-order valence-corrected chi connectivity index (χ4v) is 2.67. The first-order valence-electron chi connectivity index (χ1n) is 7.02. The van der Waals surface area contributed by atoms with Crippen molar-refractivity contribution in [3.63, 3.8) is 0 Å². The molecule has 0 spiro atoms. The van der Waals surface area contributed by atoms with Crippen molar-refractivity contribution in [3.8, 4) is 0 Å². The smallest absolute Gasteiger partial charge is 0.325 e. The molecule has 0 rings (SSSR count). The molecule has 5 nitrogen and oxygen atoms in total. The van der Waals surface area contributed by atoms with E-state index in [4.69, 9.17) is 16.2 Å². The molecule has 1 atom stereocenters. The van der Waals surface area contributed by atoms with Gasteiger partial charge < -0.3 is 21.3 Å². The highest BCUT2D eigenvalue weighted by atomic mass is 16.5. The molecule has 0 fully saturated rings. The lowest BCUT2D eigenvalue weighted by atomic mass is 9.82. The number of hydrogen-bond acceptors (Lipinski definition) is 5. The largest absolute Gasteiger partial charge is 0.464 e. The van der Waals surface area contributed by atoms with Gasteiger partial charge in [-0.25, -0.2) is 0 Å². The summed E-state index contributed by atoms with van der Waals surface area (Å²) in [6.45, 7) is 12.9. The van der Waals surface area contributed by atoms with Gasteiger partial charge in [0.1, 0.15) is 5.54 Å². The molecule has 0 aromatic heterocycles. The van der Waals surface area contributed by atoms with E-state index in [9.17, 15) is 9.90 Å². The molecule has 0 aliphatic rings. The van der Waals surface area contributed by atoms with Gasteiger partial charge in [-0.05, 0) is 47.5 Å². The Hall–Kier alpha value is -0.650. The van der Waals surface area contributed by atoms with Crippen LogP contribution in [0.1, 0.15) is 61.3 Å². The van der Waals surface area contributed by atoms with E-state index in [1.165, 1.54) is 0 Å². The lowest BCUT2D eigenvalue weighted by Gasteiger charge is -2.34. The van der Waals surface area contributed by atoms with Crippen LogP contribution in [-0.4, -0.2) is 34.4 Å². The molecule has 0 aromatic carbocycles. The monoisotopic (exact) mass is 288 g/mol. The van der Waals surface area contributed by atoms with Crippen LogP contribution >= 0.6 is 0 Å². The Kier molecular flexibility index (Phi) is 5.80. The molecule has 0 heterocycles. The maximum atomic E-state index is 12.1. The zero-order chi connectivity index (χ0) is 16.4. The molecular weight excluding hydrogens is 256 g/mol. The van der Waals surface area contributed by atoms with E-state index < -0.39 is 22.6 Å². The van der Waals surface area contributed by atoms with Gasteiger partial charge >= 0.3 is 5.97 Å². The van der Waals surface area contributed by atoms with Crippen LogP contribution in [0.3, 0.4) is 0 Å². The van der Waals surface area contributed by atoms with Crippen LogP contribution in [0, 0.1) is 5.41 Å². The Bertz CT molecular complexity index is 336. The van der Waals surface area contributed by atoms with Crippen LogP contribution in [0.4, 0.5) is 0 Å². The summed E-state index contributed by atoms with van der Waals surface area (Å²) >= 11 is 0. The number of ether oxygens (including phenoxy) is 1. The molecule has 5 heteroatoms. The number of carbonyl (C=O) groups is 1.